The predicted molar refractivity (Wildman–Crippen MR) is 108 cm³/mol. The zero-order valence-corrected chi connectivity index (χ0v) is 17.7. The average molecular weight is 379 g/mol. The maximum Gasteiger partial charge on any atom is 0.320 e. The molecule has 0 amide bonds. The minimum atomic E-state index is -1.87. The molecule has 1 heterocycles. The van der Waals surface area contributed by atoms with E-state index in [1.807, 2.05) is 30.3 Å². The van der Waals surface area contributed by atoms with Crippen LogP contribution in [0, 0.1) is 5.92 Å². The number of likely N-dealkylation sites (tertiary alicyclic amines) is 1. The third-order valence-corrected chi connectivity index (χ3v) is 10.6. The second-order valence-corrected chi connectivity index (χ2v) is 13.7. The fourth-order valence-corrected chi connectivity index (χ4v) is 4.45. The SMILES string of the molecule is CC(C)(C)[Si](C)(C)OC[C@@H]1C[C@H](C(=O)O)N(Cc2ccccc2)[C@H]1CN. The van der Waals surface area contributed by atoms with Crippen LogP contribution in [-0.4, -0.2) is 49.5 Å². The predicted octanol–water partition coefficient (Wildman–Crippen LogP) is 3.31. The van der Waals surface area contributed by atoms with Crippen LogP contribution in [0.15, 0.2) is 30.3 Å². The average Bonchev–Trinajstić information content (AvgIpc) is 2.90. The molecule has 0 saturated carbocycles. The smallest absolute Gasteiger partial charge is 0.320 e. The fourth-order valence-electron chi connectivity index (χ4n) is 3.38. The van der Waals surface area contributed by atoms with E-state index in [-0.39, 0.29) is 17.0 Å². The van der Waals surface area contributed by atoms with Crippen LogP contribution in [0.25, 0.3) is 0 Å². The van der Waals surface area contributed by atoms with E-state index in [0.717, 1.165) is 5.56 Å². The molecule has 6 heteroatoms. The van der Waals surface area contributed by atoms with Crippen molar-refractivity contribution < 1.29 is 14.3 Å². The molecule has 0 bridgehead atoms. The topological polar surface area (TPSA) is 75.8 Å². The molecule has 0 radical (unpaired) electrons. The third kappa shape index (κ3) is 4.74. The van der Waals surface area contributed by atoms with Crippen LogP contribution in [0.2, 0.25) is 18.1 Å². The van der Waals surface area contributed by atoms with Crippen LogP contribution in [0.3, 0.4) is 0 Å². The van der Waals surface area contributed by atoms with Crippen molar-refractivity contribution >= 4 is 14.3 Å². The lowest BCUT2D eigenvalue weighted by Crippen LogP contribution is -2.46. The van der Waals surface area contributed by atoms with Gasteiger partial charge in [0.2, 0.25) is 0 Å². The summed E-state index contributed by atoms with van der Waals surface area (Å²) >= 11 is 0. The van der Waals surface area contributed by atoms with E-state index >= 15 is 0 Å². The Balaban J connectivity index is 2.14. The summed E-state index contributed by atoms with van der Waals surface area (Å²) < 4.78 is 6.40. The lowest BCUT2D eigenvalue weighted by molar-refractivity contribution is -0.142. The van der Waals surface area contributed by atoms with Gasteiger partial charge in [0.1, 0.15) is 6.04 Å². The van der Waals surface area contributed by atoms with E-state index in [1.165, 1.54) is 0 Å². The number of rotatable bonds is 7. The molecule has 1 aliphatic rings. The van der Waals surface area contributed by atoms with Crippen molar-refractivity contribution in [3.8, 4) is 0 Å². The van der Waals surface area contributed by atoms with Crippen LogP contribution >= 0.6 is 0 Å². The van der Waals surface area contributed by atoms with Crippen molar-refractivity contribution in [2.24, 2.45) is 11.7 Å². The largest absolute Gasteiger partial charge is 0.480 e. The van der Waals surface area contributed by atoms with Crippen LogP contribution in [0.1, 0.15) is 32.8 Å². The quantitative estimate of drug-likeness (QED) is 0.712. The summed E-state index contributed by atoms with van der Waals surface area (Å²) in [4.78, 5) is 13.9. The number of nitrogens with two attached hydrogens (primary N) is 1. The van der Waals surface area contributed by atoms with Gasteiger partial charge in [0.05, 0.1) is 0 Å². The molecule has 0 aromatic heterocycles. The Morgan fingerprint density at radius 2 is 1.92 bits per heavy atom. The van der Waals surface area contributed by atoms with Crippen LogP contribution < -0.4 is 5.73 Å². The molecule has 1 fully saturated rings. The summed E-state index contributed by atoms with van der Waals surface area (Å²) in [6.45, 7) is 12.8. The molecule has 1 aromatic rings. The van der Waals surface area contributed by atoms with Gasteiger partial charge in [-0.15, -0.1) is 0 Å². The molecule has 1 aliphatic heterocycles. The number of aliphatic carboxylic acids is 1. The van der Waals surface area contributed by atoms with Crippen molar-refractivity contribution in [1.82, 2.24) is 4.90 Å². The number of nitrogens with zero attached hydrogens (tertiary/aromatic N) is 1. The molecule has 1 saturated heterocycles. The van der Waals surface area contributed by atoms with Gasteiger partial charge in [0.25, 0.3) is 0 Å². The molecule has 3 atom stereocenters. The van der Waals surface area contributed by atoms with Crippen LogP contribution in [0.5, 0.6) is 0 Å². The standard InChI is InChI=1S/C20H34N2O3Si/c1-20(2,3)26(4,5)25-14-16-11-17(19(23)24)22(18(16)12-21)13-15-9-7-6-8-10-15/h6-10,16-18H,11-14,21H2,1-5H3,(H,23,24)/t16-,17+,18-/m0/s1. The van der Waals surface area contributed by atoms with Gasteiger partial charge in [-0.1, -0.05) is 51.1 Å². The maximum atomic E-state index is 11.9. The fraction of sp³-hybridized carbons (Fsp3) is 0.650. The van der Waals surface area contributed by atoms with E-state index in [4.69, 9.17) is 10.2 Å². The molecular weight excluding hydrogens is 344 g/mol. The van der Waals surface area contributed by atoms with Crippen molar-refractivity contribution in [3.05, 3.63) is 35.9 Å². The van der Waals surface area contributed by atoms with Gasteiger partial charge in [0, 0.05) is 25.7 Å². The number of hydrogen-bond acceptors (Lipinski definition) is 4. The summed E-state index contributed by atoms with van der Waals surface area (Å²) in [6, 6.07) is 9.53. The van der Waals surface area contributed by atoms with Gasteiger partial charge in [-0.2, -0.15) is 0 Å². The first-order chi connectivity index (χ1) is 12.1. The number of carboxylic acids is 1. The first-order valence-corrected chi connectivity index (χ1v) is 12.3. The molecule has 0 aliphatic carbocycles. The molecule has 3 N–H and O–H groups in total. The Labute approximate surface area is 158 Å². The molecule has 1 aromatic carbocycles. The van der Waals surface area contributed by atoms with Crippen LogP contribution in [0.4, 0.5) is 0 Å². The highest BCUT2D eigenvalue weighted by Crippen LogP contribution is 2.38. The Morgan fingerprint density at radius 3 is 2.42 bits per heavy atom. The third-order valence-electron chi connectivity index (χ3n) is 6.10. The van der Waals surface area contributed by atoms with Gasteiger partial charge in [-0.05, 0) is 36.0 Å². The highest BCUT2D eigenvalue weighted by Gasteiger charge is 2.45. The molecule has 0 spiro atoms. The second kappa shape index (κ2) is 8.21. The minimum Gasteiger partial charge on any atom is -0.480 e. The van der Waals surface area contributed by atoms with Crippen molar-refractivity contribution in [3.63, 3.8) is 0 Å². The molecular formula is C20H34N2O3Si. The summed E-state index contributed by atoms with van der Waals surface area (Å²) in [5.41, 5.74) is 7.19. The highest BCUT2D eigenvalue weighted by atomic mass is 28.4. The zero-order chi connectivity index (χ0) is 19.5. The Kier molecular flexibility index (Phi) is 6.66. The lowest BCUT2D eigenvalue weighted by Gasteiger charge is -2.38. The number of carbonyl (C=O) groups is 1. The normalized spacial score (nSPS) is 24.8. The van der Waals surface area contributed by atoms with Crippen LogP contribution in [-0.2, 0) is 15.8 Å². The Bertz CT molecular complexity index is 601. The molecule has 5 nitrogen and oxygen atoms in total. The molecule has 26 heavy (non-hydrogen) atoms. The van der Waals surface area contributed by atoms with Crippen molar-refractivity contribution in [2.75, 3.05) is 13.2 Å². The summed E-state index contributed by atoms with van der Waals surface area (Å²) in [5.74, 6) is -0.617. The number of carboxylic acid groups (broad SMARTS) is 1. The molecule has 146 valence electrons. The zero-order valence-electron chi connectivity index (χ0n) is 16.7. The van der Waals surface area contributed by atoms with E-state index in [0.29, 0.717) is 26.1 Å². The second-order valence-electron chi connectivity index (χ2n) is 8.88. The Morgan fingerprint density at radius 1 is 1.31 bits per heavy atom. The summed E-state index contributed by atoms with van der Waals surface area (Å²) in [5, 5.41) is 9.87. The van der Waals surface area contributed by atoms with E-state index in [2.05, 4.69) is 38.8 Å². The first-order valence-electron chi connectivity index (χ1n) is 9.43. The van der Waals surface area contributed by atoms with E-state index in [9.17, 15) is 9.90 Å². The van der Waals surface area contributed by atoms with Gasteiger partial charge in [0.15, 0.2) is 8.32 Å². The van der Waals surface area contributed by atoms with Gasteiger partial charge in [-0.25, -0.2) is 0 Å². The number of hydrogen-bond donors (Lipinski definition) is 2. The molecule has 2 rings (SSSR count). The van der Waals surface area contributed by atoms with Crippen molar-refractivity contribution in [1.29, 1.82) is 0 Å². The summed E-state index contributed by atoms with van der Waals surface area (Å²) in [6.07, 6.45) is 0.596. The minimum absolute atomic E-state index is 0.0288. The van der Waals surface area contributed by atoms with Crippen molar-refractivity contribution in [2.45, 2.75) is 64.0 Å². The van der Waals surface area contributed by atoms with Gasteiger partial charge in [-0.3, -0.25) is 9.69 Å². The summed E-state index contributed by atoms with van der Waals surface area (Å²) in [7, 11) is -1.87. The maximum absolute atomic E-state index is 11.9. The first kappa shape index (κ1) is 21.1. The van der Waals surface area contributed by atoms with E-state index in [1.54, 1.807) is 0 Å². The van der Waals surface area contributed by atoms with Gasteiger partial charge < -0.3 is 15.3 Å². The van der Waals surface area contributed by atoms with E-state index < -0.39 is 20.3 Å². The van der Waals surface area contributed by atoms with Gasteiger partial charge >= 0.3 is 5.97 Å². The monoisotopic (exact) mass is 378 g/mol. The highest BCUT2D eigenvalue weighted by molar-refractivity contribution is 6.74. The molecule has 0 unspecified atom stereocenters. The number of benzene rings is 1. The Hall–Kier alpha value is -1.21. The lowest BCUT2D eigenvalue weighted by atomic mass is 10.00.